The predicted molar refractivity (Wildman–Crippen MR) is 62.4 cm³/mol. The van der Waals surface area contributed by atoms with Gasteiger partial charge in [0, 0.05) is 23.0 Å². The molecule has 0 aliphatic rings. The van der Waals surface area contributed by atoms with Gasteiger partial charge in [-0.2, -0.15) is 0 Å². The van der Waals surface area contributed by atoms with Gasteiger partial charge in [-0.3, -0.25) is 0 Å². The van der Waals surface area contributed by atoms with Gasteiger partial charge in [-0.05, 0) is 24.3 Å². The molecule has 82 valence electrons. The van der Waals surface area contributed by atoms with Gasteiger partial charge in [-0.1, -0.05) is 0 Å². The van der Waals surface area contributed by atoms with Crippen LogP contribution in [0.25, 0.3) is 0 Å². The molecule has 3 nitrogen and oxygen atoms in total. The van der Waals surface area contributed by atoms with Crippen LogP contribution >= 0.6 is 11.8 Å². The van der Waals surface area contributed by atoms with Gasteiger partial charge in [0.1, 0.15) is 11.6 Å². The number of benzene rings is 1. The molecule has 0 amide bonds. The lowest BCUT2D eigenvalue weighted by Gasteiger charge is -2.04. The monoisotopic (exact) mass is 235 g/mol. The molecule has 0 radical (unpaired) electrons. The van der Waals surface area contributed by atoms with Gasteiger partial charge >= 0.3 is 0 Å². The van der Waals surface area contributed by atoms with Crippen molar-refractivity contribution in [3.8, 4) is 0 Å². The Hall–Kier alpha value is -1.62. The van der Waals surface area contributed by atoms with Gasteiger partial charge in [0.15, 0.2) is 0 Å². The molecule has 0 saturated carbocycles. The van der Waals surface area contributed by atoms with Crippen LogP contribution in [0.2, 0.25) is 0 Å². The van der Waals surface area contributed by atoms with Crippen molar-refractivity contribution in [1.29, 1.82) is 0 Å². The van der Waals surface area contributed by atoms with Crippen molar-refractivity contribution in [2.45, 2.75) is 10.6 Å². The zero-order valence-corrected chi connectivity index (χ0v) is 9.25. The number of nitrogens with zero attached hydrogens (tertiary/aromatic N) is 2. The number of halogens is 1. The Kier molecular flexibility index (Phi) is 3.36. The smallest absolute Gasteiger partial charge is 0.138 e. The highest BCUT2D eigenvalue weighted by atomic mass is 32.2. The van der Waals surface area contributed by atoms with E-state index in [1.165, 1.54) is 23.9 Å². The maximum atomic E-state index is 13.0. The molecular formula is C11H10FN3S. The SMILES string of the molecule is Nc1ccc(F)cc1SCc1ncccn1. The Morgan fingerprint density at radius 2 is 2.00 bits per heavy atom. The fraction of sp³-hybridized carbons (Fsp3) is 0.0909. The summed E-state index contributed by atoms with van der Waals surface area (Å²) in [6.07, 6.45) is 3.36. The molecule has 1 heterocycles. The molecule has 0 fully saturated rings. The van der Waals surface area contributed by atoms with Gasteiger partial charge in [0.2, 0.25) is 0 Å². The zero-order chi connectivity index (χ0) is 11.4. The van der Waals surface area contributed by atoms with Gasteiger partial charge in [-0.15, -0.1) is 11.8 Å². The van der Waals surface area contributed by atoms with Crippen LogP contribution in [-0.2, 0) is 5.75 Å². The lowest BCUT2D eigenvalue weighted by molar-refractivity contribution is 0.624. The molecule has 5 heteroatoms. The standard InChI is InChI=1S/C11H10FN3S/c12-8-2-3-9(13)10(6-8)16-7-11-14-4-1-5-15-11/h1-6H,7,13H2. The Labute approximate surface area is 96.9 Å². The van der Waals surface area contributed by atoms with Gasteiger partial charge < -0.3 is 5.73 Å². The summed E-state index contributed by atoms with van der Waals surface area (Å²) >= 11 is 1.42. The molecule has 0 bridgehead atoms. The number of nitrogen functional groups attached to an aromatic ring is 1. The highest BCUT2D eigenvalue weighted by Crippen LogP contribution is 2.27. The van der Waals surface area contributed by atoms with Gasteiger partial charge in [0.25, 0.3) is 0 Å². The van der Waals surface area contributed by atoms with Crippen LogP contribution in [0.1, 0.15) is 5.82 Å². The van der Waals surface area contributed by atoms with Crippen LogP contribution in [-0.4, -0.2) is 9.97 Å². The Morgan fingerprint density at radius 1 is 1.25 bits per heavy atom. The summed E-state index contributed by atoms with van der Waals surface area (Å²) < 4.78 is 13.0. The third kappa shape index (κ3) is 2.70. The van der Waals surface area contributed by atoms with Crippen molar-refractivity contribution in [3.63, 3.8) is 0 Å². The number of hydrogen-bond donors (Lipinski definition) is 1. The van der Waals surface area contributed by atoms with E-state index in [1.807, 2.05) is 0 Å². The largest absolute Gasteiger partial charge is 0.398 e. The normalized spacial score (nSPS) is 10.3. The molecule has 2 aromatic rings. The summed E-state index contributed by atoms with van der Waals surface area (Å²) in [4.78, 5) is 8.87. The van der Waals surface area contributed by atoms with Crippen molar-refractivity contribution in [1.82, 2.24) is 9.97 Å². The van der Waals surface area contributed by atoms with E-state index < -0.39 is 0 Å². The minimum absolute atomic E-state index is 0.286. The third-order valence-electron chi connectivity index (χ3n) is 1.95. The van der Waals surface area contributed by atoms with E-state index >= 15 is 0 Å². The first-order valence-corrected chi connectivity index (χ1v) is 5.68. The summed E-state index contributed by atoms with van der Waals surface area (Å²) in [6.45, 7) is 0. The zero-order valence-electron chi connectivity index (χ0n) is 8.43. The molecule has 0 aliphatic carbocycles. The van der Waals surface area contributed by atoms with E-state index in [4.69, 9.17) is 5.73 Å². The third-order valence-corrected chi connectivity index (χ3v) is 3.02. The average molecular weight is 235 g/mol. The Morgan fingerprint density at radius 3 is 2.75 bits per heavy atom. The van der Waals surface area contributed by atoms with Crippen molar-refractivity contribution >= 4 is 17.4 Å². The van der Waals surface area contributed by atoms with E-state index in [9.17, 15) is 4.39 Å². The molecule has 0 aliphatic heterocycles. The maximum Gasteiger partial charge on any atom is 0.138 e. The highest BCUT2D eigenvalue weighted by molar-refractivity contribution is 7.98. The molecule has 0 saturated heterocycles. The van der Waals surface area contributed by atoms with Crippen molar-refractivity contribution in [2.24, 2.45) is 0 Å². The first-order chi connectivity index (χ1) is 7.75. The number of nitrogens with two attached hydrogens (primary N) is 1. The van der Waals surface area contributed by atoms with E-state index in [0.717, 1.165) is 0 Å². The topological polar surface area (TPSA) is 51.8 Å². The van der Waals surface area contributed by atoms with E-state index in [0.29, 0.717) is 22.2 Å². The van der Waals surface area contributed by atoms with Crippen molar-refractivity contribution < 1.29 is 4.39 Å². The predicted octanol–water partition coefficient (Wildman–Crippen LogP) is 2.49. The minimum Gasteiger partial charge on any atom is -0.398 e. The molecule has 1 aromatic heterocycles. The van der Waals surface area contributed by atoms with Gasteiger partial charge in [0.05, 0.1) is 5.75 Å². The minimum atomic E-state index is -0.286. The molecular weight excluding hydrogens is 225 g/mol. The molecule has 0 atom stereocenters. The average Bonchev–Trinajstić information content (AvgIpc) is 2.32. The highest BCUT2D eigenvalue weighted by Gasteiger charge is 2.03. The number of hydrogen-bond acceptors (Lipinski definition) is 4. The Balaban J connectivity index is 2.08. The van der Waals surface area contributed by atoms with Crippen LogP contribution in [0, 0.1) is 5.82 Å². The maximum absolute atomic E-state index is 13.0. The quantitative estimate of drug-likeness (QED) is 0.656. The van der Waals surface area contributed by atoms with Crippen molar-refractivity contribution in [3.05, 3.63) is 48.3 Å². The van der Waals surface area contributed by atoms with Crippen LogP contribution in [0.15, 0.2) is 41.6 Å². The fourth-order valence-electron chi connectivity index (χ4n) is 1.18. The van der Waals surface area contributed by atoms with E-state index in [1.54, 1.807) is 24.5 Å². The number of rotatable bonds is 3. The van der Waals surface area contributed by atoms with Gasteiger partial charge in [-0.25, -0.2) is 14.4 Å². The van der Waals surface area contributed by atoms with E-state index in [-0.39, 0.29) is 5.82 Å². The van der Waals surface area contributed by atoms with Crippen LogP contribution in [0.3, 0.4) is 0 Å². The number of aromatic nitrogens is 2. The first-order valence-electron chi connectivity index (χ1n) is 4.69. The molecule has 2 rings (SSSR count). The van der Waals surface area contributed by atoms with Crippen LogP contribution in [0.4, 0.5) is 10.1 Å². The van der Waals surface area contributed by atoms with E-state index in [2.05, 4.69) is 9.97 Å². The lowest BCUT2D eigenvalue weighted by Crippen LogP contribution is -1.93. The molecule has 1 aromatic carbocycles. The summed E-state index contributed by atoms with van der Waals surface area (Å²) in [6, 6.07) is 6.08. The second kappa shape index (κ2) is 4.94. The summed E-state index contributed by atoms with van der Waals surface area (Å²) in [5.74, 6) is 0.996. The lowest BCUT2D eigenvalue weighted by atomic mass is 10.3. The Bertz CT molecular complexity index is 476. The summed E-state index contributed by atoms with van der Waals surface area (Å²) in [5.41, 5.74) is 6.30. The molecule has 0 unspecified atom stereocenters. The first kappa shape index (κ1) is 10.9. The second-order valence-corrected chi connectivity index (χ2v) is 4.15. The summed E-state index contributed by atoms with van der Waals surface area (Å²) in [5, 5.41) is 0. The summed E-state index contributed by atoms with van der Waals surface area (Å²) in [7, 11) is 0. The number of thioether (sulfide) groups is 1. The molecule has 16 heavy (non-hydrogen) atoms. The fourth-order valence-corrected chi connectivity index (χ4v) is 2.04. The second-order valence-electron chi connectivity index (χ2n) is 3.14. The molecule has 2 N–H and O–H groups in total. The van der Waals surface area contributed by atoms with Crippen molar-refractivity contribution in [2.75, 3.05) is 5.73 Å². The van der Waals surface area contributed by atoms with Crippen LogP contribution < -0.4 is 5.73 Å². The number of anilines is 1. The van der Waals surface area contributed by atoms with Crippen LogP contribution in [0.5, 0.6) is 0 Å². The molecule has 0 spiro atoms.